The van der Waals surface area contributed by atoms with Crippen LogP contribution in [-0.4, -0.2) is 35.4 Å². The molecule has 2 amide bonds. The number of hydrogen-bond acceptors (Lipinski definition) is 2. The van der Waals surface area contributed by atoms with Gasteiger partial charge in [-0.3, -0.25) is 0 Å². The molecule has 1 unspecified atom stereocenters. The quantitative estimate of drug-likeness (QED) is 0.746. The molecule has 3 N–H and O–H groups in total. The van der Waals surface area contributed by atoms with Crippen molar-refractivity contribution in [1.82, 2.24) is 10.6 Å². The summed E-state index contributed by atoms with van der Waals surface area (Å²) in [5.74, 6) is -2.03. The minimum Gasteiger partial charge on any atom is -0.479 e. The molecule has 0 aromatic rings. The predicted octanol–water partition coefficient (Wildman–Crippen LogP) is 2.37. The van der Waals surface area contributed by atoms with Crippen molar-refractivity contribution in [1.29, 1.82) is 0 Å². The molecule has 1 saturated carbocycles. The van der Waals surface area contributed by atoms with Crippen molar-refractivity contribution < 1.29 is 27.9 Å². The first-order chi connectivity index (χ1) is 9.18. The second-order valence-electron chi connectivity index (χ2n) is 6.76. The van der Waals surface area contributed by atoms with E-state index >= 15 is 0 Å². The van der Waals surface area contributed by atoms with Gasteiger partial charge in [-0.2, -0.15) is 13.2 Å². The highest BCUT2D eigenvalue weighted by Gasteiger charge is 2.64. The Morgan fingerprint density at radius 3 is 1.86 bits per heavy atom. The number of carbonyl (C=O) groups is 2. The highest BCUT2D eigenvalue weighted by molar-refractivity contribution is 5.86. The highest BCUT2D eigenvalue weighted by atomic mass is 19.4. The zero-order valence-corrected chi connectivity index (χ0v) is 12.7. The number of carboxylic acids is 1. The summed E-state index contributed by atoms with van der Waals surface area (Å²) in [5, 5.41) is 12.5. The average molecular weight is 310 g/mol. The second-order valence-corrected chi connectivity index (χ2v) is 6.76. The number of nitrogens with one attached hydrogen (secondary N) is 2. The van der Waals surface area contributed by atoms with Crippen LogP contribution in [0.1, 0.15) is 34.6 Å². The molecule has 122 valence electrons. The summed E-state index contributed by atoms with van der Waals surface area (Å²) in [7, 11) is 0. The Kier molecular flexibility index (Phi) is 4.00. The van der Waals surface area contributed by atoms with E-state index in [2.05, 4.69) is 5.32 Å². The molecular weight excluding hydrogens is 289 g/mol. The maximum absolute atomic E-state index is 12.7. The Bertz CT molecular complexity index is 446. The summed E-state index contributed by atoms with van der Waals surface area (Å²) >= 11 is 0. The average Bonchev–Trinajstić information content (AvgIpc) is 2.64. The fourth-order valence-electron chi connectivity index (χ4n) is 2.56. The van der Waals surface area contributed by atoms with Crippen LogP contribution in [0.5, 0.6) is 0 Å². The minimum atomic E-state index is -5.09. The van der Waals surface area contributed by atoms with Crippen LogP contribution in [0, 0.1) is 16.7 Å². The lowest BCUT2D eigenvalue weighted by molar-refractivity contribution is -0.203. The van der Waals surface area contributed by atoms with Crippen molar-refractivity contribution in [3.63, 3.8) is 0 Å². The number of aliphatic carboxylic acids is 1. The lowest BCUT2D eigenvalue weighted by atomic mass is 10.0. The highest BCUT2D eigenvalue weighted by Crippen LogP contribution is 2.67. The molecule has 1 rings (SSSR count). The van der Waals surface area contributed by atoms with Crippen LogP contribution in [0.2, 0.25) is 0 Å². The summed E-state index contributed by atoms with van der Waals surface area (Å²) in [6, 6.07) is -1.14. The molecule has 0 bridgehead atoms. The van der Waals surface area contributed by atoms with Crippen molar-refractivity contribution >= 4 is 12.0 Å². The fourth-order valence-corrected chi connectivity index (χ4v) is 2.56. The maximum Gasteiger partial charge on any atom is 0.422 e. The van der Waals surface area contributed by atoms with Crippen LogP contribution in [-0.2, 0) is 4.79 Å². The molecule has 0 spiro atoms. The standard InChI is InChI=1S/C13H21F3N2O3/c1-10(2)7(11(10,3)4)6-17-9(21)18-12(5,8(19)20)13(14,15)16/h7H,6H2,1-5H3,(H,19,20)(H2,17,18,21). The molecule has 0 heterocycles. The molecule has 1 aliphatic carbocycles. The Morgan fingerprint density at radius 1 is 1.14 bits per heavy atom. The smallest absolute Gasteiger partial charge is 0.422 e. The van der Waals surface area contributed by atoms with E-state index in [0.29, 0.717) is 6.92 Å². The third-order valence-electron chi connectivity index (χ3n) is 5.14. The Balaban J connectivity index is 2.64. The number of amides is 2. The first kappa shape index (κ1) is 17.6. The van der Waals surface area contributed by atoms with Crippen molar-refractivity contribution in [2.45, 2.75) is 46.3 Å². The van der Waals surface area contributed by atoms with Gasteiger partial charge in [0, 0.05) is 6.54 Å². The summed E-state index contributed by atoms with van der Waals surface area (Å²) in [4.78, 5) is 22.4. The minimum absolute atomic E-state index is 0.0274. The number of urea groups is 1. The Labute approximate surface area is 121 Å². The van der Waals surface area contributed by atoms with Crippen LogP contribution >= 0.6 is 0 Å². The van der Waals surface area contributed by atoms with E-state index in [9.17, 15) is 22.8 Å². The third-order valence-corrected chi connectivity index (χ3v) is 5.14. The number of carbonyl (C=O) groups excluding carboxylic acids is 1. The molecule has 0 aromatic carbocycles. The monoisotopic (exact) mass is 310 g/mol. The van der Waals surface area contributed by atoms with Crippen LogP contribution in [0.25, 0.3) is 0 Å². The van der Waals surface area contributed by atoms with Crippen molar-refractivity contribution in [2.24, 2.45) is 16.7 Å². The fraction of sp³-hybridized carbons (Fsp3) is 0.846. The first-order valence-corrected chi connectivity index (χ1v) is 6.54. The number of rotatable bonds is 4. The molecular formula is C13H21F3N2O3. The molecule has 5 nitrogen and oxygen atoms in total. The van der Waals surface area contributed by atoms with Crippen molar-refractivity contribution in [3.8, 4) is 0 Å². The van der Waals surface area contributed by atoms with E-state index in [0.717, 1.165) is 0 Å². The lowest BCUT2D eigenvalue weighted by Crippen LogP contribution is -2.63. The third kappa shape index (κ3) is 2.80. The topological polar surface area (TPSA) is 78.4 Å². The van der Waals surface area contributed by atoms with Crippen LogP contribution in [0.15, 0.2) is 0 Å². The Morgan fingerprint density at radius 2 is 1.57 bits per heavy atom. The van der Waals surface area contributed by atoms with Gasteiger partial charge in [0.1, 0.15) is 0 Å². The Hall–Kier alpha value is -1.47. The zero-order valence-electron chi connectivity index (χ0n) is 12.7. The van der Waals surface area contributed by atoms with E-state index in [-0.39, 0.29) is 23.3 Å². The van der Waals surface area contributed by atoms with Gasteiger partial charge in [-0.25, -0.2) is 9.59 Å². The van der Waals surface area contributed by atoms with Gasteiger partial charge in [0.2, 0.25) is 5.54 Å². The van der Waals surface area contributed by atoms with Gasteiger partial charge in [-0.1, -0.05) is 27.7 Å². The van der Waals surface area contributed by atoms with Crippen molar-refractivity contribution in [2.75, 3.05) is 6.54 Å². The molecule has 1 fully saturated rings. The first-order valence-electron chi connectivity index (χ1n) is 6.54. The predicted molar refractivity (Wildman–Crippen MR) is 69.7 cm³/mol. The maximum atomic E-state index is 12.7. The number of alkyl halides is 3. The van der Waals surface area contributed by atoms with Gasteiger partial charge in [0.25, 0.3) is 0 Å². The van der Waals surface area contributed by atoms with Crippen LogP contribution in [0.4, 0.5) is 18.0 Å². The molecule has 0 aromatic heterocycles. The van der Waals surface area contributed by atoms with E-state index in [1.54, 1.807) is 0 Å². The van der Waals surface area contributed by atoms with Gasteiger partial charge in [0.05, 0.1) is 0 Å². The molecule has 0 aliphatic heterocycles. The molecule has 1 atom stereocenters. The molecule has 21 heavy (non-hydrogen) atoms. The van der Waals surface area contributed by atoms with Gasteiger partial charge < -0.3 is 15.7 Å². The number of carboxylic acid groups (broad SMARTS) is 1. The second kappa shape index (κ2) is 4.78. The molecule has 0 saturated heterocycles. The summed E-state index contributed by atoms with van der Waals surface area (Å²) in [6.07, 6.45) is -5.09. The SMILES string of the molecule is CC(NC(=O)NCC1C(C)(C)C1(C)C)(C(=O)O)C(F)(F)F. The zero-order chi connectivity index (χ0) is 16.9. The van der Waals surface area contributed by atoms with Gasteiger partial charge in [-0.05, 0) is 23.7 Å². The molecule has 8 heteroatoms. The van der Waals surface area contributed by atoms with E-state index in [4.69, 9.17) is 5.11 Å². The van der Waals surface area contributed by atoms with Crippen LogP contribution in [0.3, 0.4) is 0 Å². The van der Waals surface area contributed by atoms with Crippen molar-refractivity contribution in [3.05, 3.63) is 0 Å². The number of hydrogen-bond donors (Lipinski definition) is 3. The largest absolute Gasteiger partial charge is 0.479 e. The van der Waals surface area contributed by atoms with Gasteiger partial charge in [-0.15, -0.1) is 0 Å². The summed E-state index contributed by atoms with van der Waals surface area (Å²) in [6.45, 7) is 8.64. The van der Waals surface area contributed by atoms with E-state index in [1.807, 2.05) is 27.7 Å². The van der Waals surface area contributed by atoms with E-state index < -0.39 is 23.7 Å². The van der Waals surface area contributed by atoms with E-state index in [1.165, 1.54) is 5.32 Å². The summed E-state index contributed by atoms with van der Waals surface area (Å²) < 4.78 is 38.2. The van der Waals surface area contributed by atoms with Gasteiger partial charge in [0.15, 0.2) is 0 Å². The summed E-state index contributed by atoms with van der Waals surface area (Å²) in [5.41, 5.74) is -3.37. The molecule has 1 aliphatic rings. The number of halogens is 3. The molecule has 0 radical (unpaired) electrons. The van der Waals surface area contributed by atoms with Gasteiger partial charge >= 0.3 is 18.2 Å². The van der Waals surface area contributed by atoms with Crippen LogP contribution < -0.4 is 10.6 Å². The lowest BCUT2D eigenvalue weighted by Gasteiger charge is -2.28. The normalized spacial score (nSPS) is 23.0.